The SMILES string of the molecule is CCCCCCCC[S+]([O-])C(C)Cc1ccc2c(c1)OCO2.OCCSCCO. The molecule has 0 amide bonds. The highest BCUT2D eigenvalue weighted by atomic mass is 32.2. The van der Waals surface area contributed by atoms with Crippen LogP contribution in [0.4, 0.5) is 0 Å². The third-order valence-electron chi connectivity index (χ3n) is 4.58. The molecule has 2 unspecified atom stereocenters. The Labute approximate surface area is 183 Å². The van der Waals surface area contributed by atoms with Gasteiger partial charge in [0.25, 0.3) is 0 Å². The predicted octanol–water partition coefficient (Wildman–Crippen LogP) is 4.16. The summed E-state index contributed by atoms with van der Waals surface area (Å²) in [5, 5.41) is 16.6. The number of thioether (sulfide) groups is 1. The molecule has 1 aromatic carbocycles. The summed E-state index contributed by atoms with van der Waals surface area (Å²) >= 11 is 0.810. The van der Waals surface area contributed by atoms with Gasteiger partial charge in [-0.3, -0.25) is 0 Å². The number of unbranched alkanes of at least 4 members (excludes halogenated alkanes) is 5. The van der Waals surface area contributed by atoms with Crippen molar-refractivity contribution < 1.29 is 24.2 Å². The van der Waals surface area contributed by atoms with E-state index in [1.165, 1.54) is 37.7 Å². The minimum absolute atomic E-state index is 0.191. The van der Waals surface area contributed by atoms with Crippen molar-refractivity contribution in [2.24, 2.45) is 0 Å². The van der Waals surface area contributed by atoms with E-state index in [1.807, 2.05) is 18.2 Å². The van der Waals surface area contributed by atoms with Crippen LogP contribution in [0.25, 0.3) is 0 Å². The first-order valence-electron chi connectivity index (χ1n) is 10.7. The summed E-state index contributed by atoms with van der Waals surface area (Å²) in [7, 11) is 0. The first kappa shape index (κ1) is 26.4. The van der Waals surface area contributed by atoms with Gasteiger partial charge >= 0.3 is 0 Å². The number of ether oxygens (including phenoxy) is 2. The van der Waals surface area contributed by atoms with Crippen LogP contribution in [0.3, 0.4) is 0 Å². The van der Waals surface area contributed by atoms with Gasteiger partial charge in [-0.15, -0.1) is 0 Å². The van der Waals surface area contributed by atoms with Gasteiger partial charge in [0.05, 0.1) is 13.2 Å². The number of aliphatic hydroxyl groups is 2. The first-order chi connectivity index (χ1) is 14.1. The molecule has 0 radical (unpaired) electrons. The maximum Gasteiger partial charge on any atom is 0.231 e. The average Bonchev–Trinajstić information content (AvgIpc) is 3.19. The van der Waals surface area contributed by atoms with Gasteiger partial charge < -0.3 is 24.2 Å². The molecule has 0 saturated carbocycles. The summed E-state index contributed by atoms with van der Waals surface area (Å²) in [4.78, 5) is 0. The van der Waals surface area contributed by atoms with E-state index in [1.54, 1.807) is 11.8 Å². The lowest BCUT2D eigenvalue weighted by Gasteiger charge is -2.18. The summed E-state index contributed by atoms with van der Waals surface area (Å²) in [5.74, 6) is 3.93. The van der Waals surface area contributed by atoms with E-state index in [4.69, 9.17) is 19.7 Å². The van der Waals surface area contributed by atoms with Crippen molar-refractivity contribution in [1.29, 1.82) is 0 Å². The summed E-state index contributed by atoms with van der Waals surface area (Å²) in [6, 6.07) is 6.01. The van der Waals surface area contributed by atoms with E-state index in [9.17, 15) is 4.55 Å². The number of hydrogen-bond acceptors (Lipinski definition) is 6. The fourth-order valence-corrected chi connectivity index (χ4v) is 4.68. The first-order valence-corrected chi connectivity index (χ1v) is 13.2. The van der Waals surface area contributed by atoms with Crippen LogP contribution < -0.4 is 9.47 Å². The smallest absolute Gasteiger partial charge is 0.231 e. The number of aliphatic hydroxyl groups excluding tert-OH is 2. The molecule has 0 aromatic heterocycles. The Morgan fingerprint density at radius 3 is 2.38 bits per heavy atom. The zero-order valence-corrected chi connectivity index (χ0v) is 19.6. The average molecular weight is 447 g/mol. The Morgan fingerprint density at radius 1 is 1.03 bits per heavy atom. The summed E-state index contributed by atoms with van der Waals surface area (Å²) in [5.41, 5.74) is 1.17. The summed E-state index contributed by atoms with van der Waals surface area (Å²) in [6.45, 7) is 5.04. The van der Waals surface area contributed by atoms with Crippen LogP contribution in [-0.4, -0.2) is 57.3 Å². The van der Waals surface area contributed by atoms with Gasteiger partial charge in [0.15, 0.2) is 11.5 Å². The van der Waals surface area contributed by atoms with E-state index < -0.39 is 11.2 Å². The standard InChI is InChI=1S/C18H28O3S.C4H10O2S/c1-3-4-5-6-7-8-11-22(19)15(2)12-16-9-10-17-18(13-16)21-14-20-17;5-1-3-7-4-2-6/h9-10,13,15H,3-8,11-12,14H2,1-2H3;5-6H,1-4H2. The molecule has 0 fully saturated rings. The second-order valence-corrected chi connectivity index (χ2v) is 10.3. The second kappa shape index (κ2) is 17.1. The van der Waals surface area contributed by atoms with Crippen LogP contribution in [0.15, 0.2) is 18.2 Å². The largest absolute Gasteiger partial charge is 0.616 e. The molecule has 0 bridgehead atoms. The van der Waals surface area contributed by atoms with Crippen LogP contribution >= 0.6 is 11.8 Å². The molecule has 5 nitrogen and oxygen atoms in total. The number of rotatable bonds is 14. The Bertz CT molecular complexity index is 526. The Hall–Kier alpha value is -0.600. The summed E-state index contributed by atoms with van der Waals surface area (Å²) < 4.78 is 23.0. The molecule has 2 rings (SSSR count). The third-order valence-corrected chi connectivity index (χ3v) is 7.28. The van der Waals surface area contributed by atoms with Gasteiger partial charge in [-0.1, -0.05) is 49.8 Å². The minimum atomic E-state index is -0.743. The monoisotopic (exact) mass is 446 g/mol. The van der Waals surface area contributed by atoms with E-state index in [2.05, 4.69) is 13.8 Å². The van der Waals surface area contributed by atoms with E-state index in [-0.39, 0.29) is 18.5 Å². The van der Waals surface area contributed by atoms with Crippen LogP contribution in [0.2, 0.25) is 0 Å². The number of hydrogen-bond donors (Lipinski definition) is 2. The lowest BCUT2D eigenvalue weighted by molar-refractivity contribution is 0.174. The molecule has 168 valence electrons. The van der Waals surface area contributed by atoms with Crippen molar-refractivity contribution in [3.8, 4) is 11.5 Å². The molecule has 1 heterocycles. The Kier molecular flexibility index (Phi) is 15.6. The van der Waals surface area contributed by atoms with Crippen LogP contribution in [0.5, 0.6) is 11.5 Å². The molecule has 1 aliphatic heterocycles. The highest BCUT2D eigenvalue weighted by molar-refractivity contribution is 7.99. The normalized spacial score (nSPS) is 14.2. The highest BCUT2D eigenvalue weighted by Crippen LogP contribution is 2.33. The Morgan fingerprint density at radius 2 is 1.69 bits per heavy atom. The lowest BCUT2D eigenvalue weighted by Crippen LogP contribution is -2.23. The number of fused-ring (bicyclic) bond motifs is 1. The Balaban J connectivity index is 0.000000516. The van der Waals surface area contributed by atoms with Gasteiger partial charge in [0.2, 0.25) is 6.79 Å². The van der Waals surface area contributed by atoms with E-state index >= 15 is 0 Å². The molecule has 0 aliphatic carbocycles. The molecule has 29 heavy (non-hydrogen) atoms. The van der Waals surface area contributed by atoms with Gasteiger partial charge in [0.1, 0.15) is 11.0 Å². The van der Waals surface area contributed by atoms with Crippen molar-refractivity contribution >= 4 is 22.9 Å². The third kappa shape index (κ3) is 12.0. The van der Waals surface area contributed by atoms with Crippen LogP contribution in [-0.2, 0) is 17.6 Å². The molecule has 7 heteroatoms. The van der Waals surface area contributed by atoms with Crippen molar-refractivity contribution in [2.45, 2.75) is 64.0 Å². The quantitative estimate of drug-likeness (QED) is 0.330. The molecule has 2 N–H and O–H groups in total. The van der Waals surface area contributed by atoms with Gasteiger partial charge in [0, 0.05) is 17.9 Å². The summed E-state index contributed by atoms with van der Waals surface area (Å²) in [6.07, 6.45) is 8.32. The lowest BCUT2D eigenvalue weighted by atomic mass is 10.1. The van der Waals surface area contributed by atoms with E-state index in [0.29, 0.717) is 6.79 Å². The zero-order chi connectivity index (χ0) is 21.3. The fourth-order valence-electron chi connectivity index (χ4n) is 2.95. The minimum Gasteiger partial charge on any atom is -0.616 e. The van der Waals surface area contributed by atoms with Crippen molar-refractivity contribution in [3.63, 3.8) is 0 Å². The van der Waals surface area contributed by atoms with Crippen LogP contribution in [0, 0.1) is 0 Å². The maximum absolute atomic E-state index is 12.3. The number of benzene rings is 1. The van der Waals surface area contributed by atoms with Crippen molar-refractivity contribution in [3.05, 3.63) is 23.8 Å². The fraction of sp³-hybridized carbons (Fsp3) is 0.727. The predicted molar refractivity (Wildman–Crippen MR) is 124 cm³/mol. The topological polar surface area (TPSA) is 82.0 Å². The van der Waals surface area contributed by atoms with Crippen LogP contribution in [0.1, 0.15) is 57.9 Å². The maximum atomic E-state index is 12.3. The molecular weight excluding hydrogens is 408 g/mol. The molecule has 1 aromatic rings. The molecule has 2 atom stereocenters. The van der Waals surface area contributed by atoms with Gasteiger partial charge in [-0.25, -0.2) is 0 Å². The van der Waals surface area contributed by atoms with Gasteiger partial charge in [-0.05, 0) is 37.5 Å². The molecular formula is C22H38O5S2. The molecule has 1 aliphatic rings. The van der Waals surface area contributed by atoms with Crippen molar-refractivity contribution in [1.82, 2.24) is 0 Å². The van der Waals surface area contributed by atoms with E-state index in [0.717, 1.165) is 41.6 Å². The second-order valence-electron chi connectivity index (χ2n) is 7.11. The zero-order valence-electron chi connectivity index (χ0n) is 17.9. The highest BCUT2D eigenvalue weighted by Gasteiger charge is 2.19. The van der Waals surface area contributed by atoms with Gasteiger partial charge in [-0.2, -0.15) is 11.8 Å². The molecule has 0 spiro atoms. The molecule has 0 saturated heterocycles. The van der Waals surface area contributed by atoms with Crippen molar-refractivity contribution in [2.75, 3.05) is 37.3 Å².